The average Bonchev–Trinajstić information content (AvgIpc) is 2.58. The molecule has 1 aliphatic heterocycles. The molecular formula is C19H24ClNO. The molecular weight excluding hydrogens is 294 g/mol. The molecule has 1 aliphatic rings. The van der Waals surface area contributed by atoms with Crippen LogP contribution in [0.1, 0.15) is 30.5 Å². The van der Waals surface area contributed by atoms with Crippen LogP contribution in [0.15, 0.2) is 48.5 Å². The van der Waals surface area contributed by atoms with Gasteiger partial charge in [0.05, 0.1) is 6.61 Å². The Balaban J connectivity index is 0.000000847. The molecule has 2 aromatic carbocycles. The van der Waals surface area contributed by atoms with E-state index in [1.165, 1.54) is 11.1 Å². The van der Waals surface area contributed by atoms with Crippen molar-refractivity contribution in [2.45, 2.75) is 26.4 Å². The molecule has 1 fully saturated rings. The molecule has 0 spiro atoms. The van der Waals surface area contributed by atoms with Crippen molar-refractivity contribution in [3.63, 3.8) is 0 Å². The second-order valence-corrected chi connectivity index (χ2v) is 5.66. The number of halogens is 1. The first-order valence-electron chi connectivity index (χ1n) is 7.89. The molecule has 22 heavy (non-hydrogen) atoms. The lowest BCUT2D eigenvalue weighted by molar-refractivity contribution is -0.0404. The summed E-state index contributed by atoms with van der Waals surface area (Å²) < 4.78 is 6.21. The van der Waals surface area contributed by atoms with Crippen LogP contribution in [0.2, 0.25) is 5.02 Å². The average molecular weight is 318 g/mol. The zero-order valence-electron chi connectivity index (χ0n) is 13.5. The maximum absolute atomic E-state index is 6.21. The molecule has 0 aliphatic carbocycles. The number of morpholine rings is 1. The molecule has 1 saturated heterocycles. The molecule has 2 nitrogen and oxygen atoms in total. The third-order valence-corrected chi connectivity index (χ3v) is 4.08. The number of benzene rings is 2. The summed E-state index contributed by atoms with van der Waals surface area (Å²) in [6.07, 6.45) is 0. The van der Waals surface area contributed by atoms with Gasteiger partial charge >= 0.3 is 0 Å². The minimum atomic E-state index is -0.420. The van der Waals surface area contributed by atoms with Crippen LogP contribution in [0, 0.1) is 6.92 Å². The van der Waals surface area contributed by atoms with Gasteiger partial charge in [0.15, 0.2) is 0 Å². The zero-order chi connectivity index (χ0) is 16.0. The Bertz CT molecular complexity index is 524. The summed E-state index contributed by atoms with van der Waals surface area (Å²) in [6, 6.07) is 16.5. The number of rotatable bonds is 2. The first-order valence-corrected chi connectivity index (χ1v) is 8.26. The second-order valence-electron chi connectivity index (χ2n) is 5.23. The van der Waals surface area contributed by atoms with E-state index in [4.69, 9.17) is 16.3 Å². The van der Waals surface area contributed by atoms with Crippen LogP contribution in [0.4, 0.5) is 0 Å². The van der Waals surface area contributed by atoms with Gasteiger partial charge in [-0.25, -0.2) is 0 Å². The maximum atomic E-state index is 6.21. The van der Waals surface area contributed by atoms with Gasteiger partial charge in [0.25, 0.3) is 0 Å². The predicted octanol–water partition coefficient (Wildman–Crippen LogP) is 4.54. The standard InChI is InChI=1S/C17H18ClNO.C2H6/c1-13-2-4-14(5-3-13)17(12-19-10-11-20-17)15-6-8-16(18)9-7-15;1-2/h2-9,19H,10-12H2,1H3;1-2H3. The zero-order valence-corrected chi connectivity index (χ0v) is 14.3. The number of ether oxygens (including phenoxy) is 1. The van der Waals surface area contributed by atoms with E-state index in [1.807, 2.05) is 26.0 Å². The molecule has 1 atom stereocenters. The van der Waals surface area contributed by atoms with Crippen LogP contribution in [-0.2, 0) is 10.3 Å². The molecule has 3 heteroatoms. The largest absolute Gasteiger partial charge is 0.363 e. The number of aryl methyl sites for hydroxylation is 1. The monoisotopic (exact) mass is 317 g/mol. The smallest absolute Gasteiger partial charge is 0.130 e. The molecule has 1 unspecified atom stereocenters. The summed E-state index contributed by atoms with van der Waals surface area (Å²) in [5.74, 6) is 0. The fourth-order valence-electron chi connectivity index (χ4n) is 2.69. The summed E-state index contributed by atoms with van der Waals surface area (Å²) >= 11 is 6.01. The number of hydrogen-bond acceptors (Lipinski definition) is 2. The second kappa shape index (κ2) is 7.77. The van der Waals surface area contributed by atoms with Gasteiger partial charge in [-0.3, -0.25) is 0 Å². The van der Waals surface area contributed by atoms with Crippen LogP contribution in [-0.4, -0.2) is 19.7 Å². The predicted molar refractivity (Wildman–Crippen MR) is 93.6 cm³/mol. The highest BCUT2D eigenvalue weighted by atomic mass is 35.5. The summed E-state index contributed by atoms with van der Waals surface area (Å²) in [5, 5.41) is 4.19. The molecule has 0 bridgehead atoms. The molecule has 0 saturated carbocycles. The van der Waals surface area contributed by atoms with Gasteiger partial charge in [0, 0.05) is 18.1 Å². The van der Waals surface area contributed by atoms with Crippen LogP contribution >= 0.6 is 11.6 Å². The van der Waals surface area contributed by atoms with Crippen molar-refractivity contribution in [2.75, 3.05) is 19.7 Å². The van der Waals surface area contributed by atoms with Gasteiger partial charge in [-0.2, -0.15) is 0 Å². The maximum Gasteiger partial charge on any atom is 0.130 e. The van der Waals surface area contributed by atoms with E-state index >= 15 is 0 Å². The van der Waals surface area contributed by atoms with E-state index in [0.717, 1.165) is 23.7 Å². The lowest BCUT2D eigenvalue weighted by Gasteiger charge is -2.39. The number of hydrogen-bond donors (Lipinski definition) is 1. The normalized spacial score (nSPS) is 20.9. The van der Waals surface area contributed by atoms with Crippen LogP contribution in [0.5, 0.6) is 0 Å². The van der Waals surface area contributed by atoms with E-state index < -0.39 is 5.60 Å². The van der Waals surface area contributed by atoms with Gasteiger partial charge in [0.1, 0.15) is 5.60 Å². The van der Waals surface area contributed by atoms with E-state index in [2.05, 4.69) is 48.6 Å². The number of nitrogens with one attached hydrogen (secondary N) is 1. The quantitative estimate of drug-likeness (QED) is 0.878. The molecule has 0 amide bonds. The van der Waals surface area contributed by atoms with Crippen molar-refractivity contribution in [3.8, 4) is 0 Å². The van der Waals surface area contributed by atoms with E-state index in [1.54, 1.807) is 0 Å². The summed E-state index contributed by atoms with van der Waals surface area (Å²) in [7, 11) is 0. The molecule has 1 heterocycles. The van der Waals surface area contributed by atoms with E-state index in [0.29, 0.717) is 6.61 Å². The Morgan fingerprint density at radius 2 is 1.50 bits per heavy atom. The summed E-state index contributed by atoms with van der Waals surface area (Å²) in [5.41, 5.74) is 3.15. The van der Waals surface area contributed by atoms with Gasteiger partial charge in [-0.1, -0.05) is 67.4 Å². The van der Waals surface area contributed by atoms with Crippen LogP contribution in [0.3, 0.4) is 0 Å². The molecule has 0 aromatic heterocycles. The first-order chi connectivity index (χ1) is 10.7. The fraction of sp³-hybridized carbons (Fsp3) is 0.368. The van der Waals surface area contributed by atoms with Gasteiger partial charge in [-0.15, -0.1) is 0 Å². The lowest BCUT2D eigenvalue weighted by atomic mass is 9.85. The molecule has 118 valence electrons. The Hall–Kier alpha value is -1.35. The summed E-state index contributed by atoms with van der Waals surface area (Å²) in [4.78, 5) is 0. The topological polar surface area (TPSA) is 21.3 Å². The van der Waals surface area contributed by atoms with Crippen molar-refractivity contribution >= 4 is 11.6 Å². The van der Waals surface area contributed by atoms with Crippen molar-refractivity contribution in [1.82, 2.24) is 5.32 Å². The Morgan fingerprint density at radius 1 is 0.955 bits per heavy atom. The highest BCUT2D eigenvalue weighted by Gasteiger charge is 2.37. The third kappa shape index (κ3) is 3.52. The molecule has 1 N–H and O–H groups in total. The Labute approximate surface area is 138 Å². The van der Waals surface area contributed by atoms with Crippen molar-refractivity contribution in [2.24, 2.45) is 0 Å². The molecule has 0 radical (unpaired) electrons. The fourth-order valence-corrected chi connectivity index (χ4v) is 2.82. The third-order valence-electron chi connectivity index (χ3n) is 3.83. The van der Waals surface area contributed by atoms with Crippen LogP contribution < -0.4 is 5.32 Å². The highest BCUT2D eigenvalue weighted by molar-refractivity contribution is 6.30. The highest BCUT2D eigenvalue weighted by Crippen LogP contribution is 2.35. The van der Waals surface area contributed by atoms with Crippen LogP contribution in [0.25, 0.3) is 0 Å². The van der Waals surface area contributed by atoms with Crippen molar-refractivity contribution in [3.05, 3.63) is 70.2 Å². The first kappa shape index (κ1) is 17.0. The van der Waals surface area contributed by atoms with E-state index in [9.17, 15) is 0 Å². The van der Waals surface area contributed by atoms with Crippen molar-refractivity contribution < 1.29 is 4.74 Å². The van der Waals surface area contributed by atoms with Gasteiger partial charge in [-0.05, 0) is 30.2 Å². The molecule has 2 aromatic rings. The van der Waals surface area contributed by atoms with E-state index in [-0.39, 0.29) is 0 Å². The van der Waals surface area contributed by atoms with Gasteiger partial charge < -0.3 is 10.1 Å². The van der Waals surface area contributed by atoms with Gasteiger partial charge in [0.2, 0.25) is 0 Å². The van der Waals surface area contributed by atoms with Crippen molar-refractivity contribution in [1.29, 1.82) is 0 Å². The minimum absolute atomic E-state index is 0.420. The Kier molecular flexibility index (Phi) is 6.01. The lowest BCUT2D eigenvalue weighted by Crippen LogP contribution is -2.48. The summed E-state index contributed by atoms with van der Waals surface area (Å²) in [6.45, 7) is 8.47. The SMILES string of the molecule is CC.Cc1ccc(C2(c3ccc(Cl)cc3)CNCCO2)cc1. The Morgan fingerprint density at radius 3 is 2.00 bits per heavy atom. The molecule has 3 rings (SSSR count). The minimum Gasteiger partial charge on any atom is -0.363 e.